The van der Waals surface area contributed by atoms with Crippen molar-refractivity contribution in [2.24, 2.45) is 0 Å². The molecular weight excluding hydrogens is 633 g/mol. The zero-order valence-corrected chi connectivity index (χ0v) is 27.4. The molecule has 50 heavy (non-hydrogen) atoms. The lowest BCUT2D eigenvalue weighted by molar-refractivity contribution is 0.620. The average molecular weight is 659 g/mol. The Morgan fingerprint density at radius 3 is 1.86 bits per heavy atom. The third-order valence-electron chi connectivity index (χ3n) is 9.16. The van der Waals surface area contributed by atoms with E-state index in [4.69, 9.17) is 24.4 Å². The van der Waals surface area contributed by atoms with Crippen molar-refractivity contribution < 1.29 is 4.42 Å². The van der Waals surface area contributed by atoms with Crippen molar-refractivity contribution in [2.75, 3.05) is 0 Å². The molecule has 0 aliphatic carbocycles. The van der Waals surface area contributed by atoms with Gasteiger partial charge >= 0.3 is 0 Å². The average Bonchev–Trinajstić information content (AvgIpc) is 3.78. The number of thiophene rings is 1. The Labute approximate surface area is 291 Å². The number of aromatic nitrogens is 4. The molecule has 0 saturated carbocycles. The summed E-state index contributed by atoms with van der Waals surface area (Å²) >= 11 is 1.74. The van der Waals surface area contributed by atoms with E-state index >= 15 is 0 Å². The van der Waals surface area contributed by atoms with Crippen molar-refractivity contribution in [2.45, 2.75) is 0 Å². The van der Waals surface area contributed by atoms with E-state index in [-0.39, 0.29) is 0 Å². The molecule has 0 saturated heterocycles. The van der Waals surface area contributed by atoms with Gasteiger partial charge in [0.15, 0.2) is 23.1 Å². The predicted octanol–water partition coefficient (Wildman–Crippen LogP) is 11.9. The standard InChI is InChI=1S/C44H26N4OS/c1-3-10-27(11-4-1)29-18-21-30(22-19-29)41-46-42(33-23-20-28-12-7-8-15-32(28)24-33)48-43(47-41)34-16-9-17-38-40(34)35-25-37-36(26-39(35)50-38)45-44(49-37)31-13-5-2-6-14-31/h1-26H. The maximum absolute atomic E-state index is 6.31. The molecule has 10 rings (SSSR count). The summed E-state index contributed by atoms with van der Waals surface area (Å²) in [6, 6.07) is 54.2. The quantitative estimate of drug-likeness (QED) is 0.184. The van der Waals surface area contributed by atoms with Gasteiger partial charge in [0.05, 0.1) is 0 Å². The Balaban J connectivity index is 1.16. The van der Waals surface area contributed by atoms with E-state index in [1.54, 1.807) is 11.3 Å². The van der Waals surface area contributed by atoms with Crippen LogP contribution in [0.25, 0.3) is 98.8 Å². The molecule has 0 amide bonds. The Hall–Kier alpha value is -6.50. The molecule has 0 unspecified atom stereocenters. The molecule has 0 bridgehead atoms. The SMILES string of the molecule is c1ccc(-c2ccc(-c3nc(-c4ccc5ccccc5c4)nc(-c4cccc5sc6cc7nc(-c8ccccc8)oc7cc6c45)n3)cc2)cc1. The Morgan fingerprint density at radius 1 is 0.420 bits per heavy atom. The van der Waals surface area contributed by atoms with E-state index < -0.39 is 0 Å². The Morgan fingerprint density at radius 2 is 1.06 bits per heavy atom. The normalized spacial score (nSPS) is 11.6. The molecule has 0 fully saturated rings. The smallest absolute Gasteiger partial charge is 0.227 e. The van der Waals surface area contributed by atoms with Crippen molar-refractivity contribution in [3.8, 4) is 56.7 Å². The second-order valence-electron chi connectivity index (χ2n) is 12.3. The molecule has 7 aromatic carbocycles. The van der Waals surface area contributed by atoms with Gasteiger partial charge in [-0.2, -0.15) is 0 Å². The van der Waals surface area contributed by atoms with Crippen LogP contribution in [0.3, 0.4) is 0 Å². The highest BCUT2D eigenvalue weighted by Gasteiger charge is 2.19. The van der Waals surface area contributed by atoms with Crippen LogP contribution in [0, 0.1) is 0 Å². The van der Waals surface area contributed by atoms with Gasteiger partial charge in [-0.1, -0.05) is 121 Å². The number of nitrogens with zero attached hydrogens (tertiary/aromatic N) is 4. The van der Waals surface area contributed by atoms with Crippen LogP contribution < -0.4 is 0 Å². The molecule has 0 aliphatic heterocycles. The molecule has 0 aliphatic rings. The van der Waals surface area contributed by atoms with Crippen molar-refractivity contribution in [1.82, 2.24) is 19.9 Å². The number of fused-ring (bicyclic) bond motifs is 5. The molecule has 6 heteroatoms. The summed E-state index contributed by atoms with van der Waals surface area (Å²) in [7, 11) is 0. The molecule has 10 aromatic rings. The van der Waals surface area contributed by atoms with E-state index in [0.29, 0.717) is 23.4 Å². The van der Waals surface area contributed by atoms with E-state index in [1.807, 2.05) is 36.4 Å². The molecule has 3 aromatic heterocycles. The van der Waals surface area contributed by atoms with E-state index in [1.165, 1.54) is 10.9 Å². The van der Waals surface area contributed by atoms with Crippen LogP contribution in [0.1, 0.15) is 0 Å². The number of benzene rings is 7. The first kappa shape index (κ1) is 28.5. The van der Waals surface area contributed by atoms with Gasteiger partial charge in [0.25, 0.3) is 0 Å². The zero-order valence-electron chi connectivity index (χ0n) is 26.6. The fraction of sp³-hybridized carbons (Fsp3) is 0. The molecule has 234 valence electrons. The third kappa shape index (κ3) is 4.93. The van der Waals surface area contributed by atoms with Gasteiger partial charge in [-0.3, -0.25) is 0 Å². The fourth-order valence-electron chi connectivity index (χ4n) is 6.66. The van der Waals surface area contributed by atoms with Gasteiger partial charge in [-0.15, -0.1) is 11.3 Å². The maximum Gasteiger partial charge on any atom is 0.227 e. The molecule has 3 heterocycles. The third-order valence-corrected chi connectivity index (χ3v) is 10.3. The summed E-state index contributed by atoms with van der Waals surface area (Å²) in [5.74, 6) is 2.49. The van der Waals surface area contributed by atoms with Gasteiger partial charge in [0.2, 0.25) is 5.89 Å². The van der Waals surface area contributed by atoms with Crippen molar-refractivity contribution >= 4 is 53.4 Å². The van der Waals surface area contributed by atoms with Gasteiger partial charge in [-0.25, -0.2) is 19.9 Å². The molecule has 0 atom stereocenters. The number of hydrogen-bond donors (Lipinski definition) is 0. The van der Waals surface area contributed by atoms with Crippen molar-refractivity contribution in [3.05, 3.63) is 158 Å². The maximum atomic E-state index is 6.31. The van der Waals surface area contributed by atoms with Crippen molar-refractivity contribution in [1.29, 1.82) is 0 Å². The van der Waals surface area contributed by atoms with Crippen LogP contribution in [0.4, 0.5) is 0 Å². The Kier molecular flexibility index (Phi) is 6.60. The predicted molar refractivity (Wildman–Crippen MR) is 205 cm³/mol. The number of hydrogen-bond acceptors (Lipinski definition) is 6. The molecular formula is C44H26N4OS. The van der Waals surface area contributed by atoms with Crippen LogP contribution in [0.2, 0.25) is 0 Å². The van der Waals surface area contributed by atoms with E-state index in [9.17, 15) is 0 Å². The first-order valence-electron chi connectivity index (χ1n) is 16.5. The molecule has 0 spiro atoms. The highest BCUT2D eigenvalue weighted by molar-refractivity contribution is 7.26. The summed E-state index contributed by atoms with van der Waals surface area (Å²) < 4.78 is 8.59. The molecule has 0 radical (unpaired) electrons. The lowest BCUT2D eigenvalue weighted by Crippen LogP contribution is -2.00. The van der Waals surface area contributed by atoms with Crippen LogP contribution >= 0.6 is 11.3 Å². The van der Waals surface area contributed by atoms with Crippen LogP contribution in [0.5, 0.6) is 0 Å². The monoisotopic (exact) mass is 658 g/mol. The fourth-order valence-corrected chi connectivity index (χ4v) is 7.81. The summed E-state index contributed by atoms with van der Waals surface area (Å²) in [6.45, 7) is 0. The Bertz CT molecular complexity index is 2860. The largest absolute Gasteiger partial charge is 0.436 e. The van der Waals surface area contributed by atoms with Crippen LogP contribution in [-0.2, 0) is 0 Å². The minimum Gasteiger partial charge on any atom is -0.436 e. The second kappa shape index (κ2) is 11.6. The lowest BCUT2D eigenvalue weighted by Gasteiger charge is -2.11. The molecule has 5 nitrogen and oxygen atoms in total. The summed E-state index contributed by atoms with van der Waals surface area (Å²) in [6.07, 6.45) is 0. The van der Waals surface area contributed by atoms with Gasteiger partial charge in [0.1, 0.15) is 5.52 Å². The topological polar surface area (TPSA) is 64.7 Å². The highest BCUT2D eigenvalue weighted by Crippen LogP contribution is 2.42. The van der Waals surface area contributed by atoms with E-state index in [0.717, 1.165) is 64.5 Å². The van der Waals surface area contributed by atoms with E-state index in [2.05, 4.69) is 121 Å². The number of oxazole rings is 1. The minimum atomic E-state index is 0.614. The number of rotatable bonds is 5. The van der Waals surface area contributed by atoms with Crippen molar-refractivity contribution in [3.63, 3.8) is 0 Å². The first-order chi connectivity index (χ1) is 24.7. The first-order valence-corrected chi connectivity index (χ1v) is 17.3. The minimum absolute atomic E-state index is 0.614. The second-order valence-corrected chi connectivity index (χ2v) is 13.4. The van der Waals surface area contributed by atoms with Gasteiger partial charge in [-0.05, 0) is 58.3 Å². The zero-order chi connectivity index (χ0) is 33.0. The van der Waals surface area contributed by atoms with Crippen LogP contribution in [0.15, 0.2) is 162 Å². The highest BCUT2D eigenvalue weighted by atomic mass is 32.1. The summed E-state index contributed by atoms with van der Waals surface area (Å²) in [4.78, 5) is 20.2. The molecule has 0 N–H and O–H groups in total. The lowest BCUT2D eigenvalue weighted by atomic mass is 10.0. The van der Waals surface area contributed by atoms with Gasteiger partial charge < -0.3 is 4.42 Å². The summed E-state index contributed by atoms with van der Waals surface area (Å²) in [5.41, 5.74) is 7.66. The summed E-state index contributed by atoms with van der Waals surface area (Å²) in [5, 5.41) is 4.49. The van der Waals surface area contributed by atoms with Gasteiger partial charge in [0, 0.05) is 42.4 Å². The van der Waals surface area contributed by atoms with Crippen LogP contribution in [-0.4, -0.2) is 19.9 Å².